The summed E-state index contributed by atoms with van der Waals surface area (Å²) in [5.41, 5.74) is 16.6. The summed E-state index contributed by atoms with van der Waals surface area (Å²) in [6, 6.07) is 3.66. The van der Waals surface area contributed by atoms with Crippen LogP contribution in [0, 0.1) is 34.6 Å². The first-order valence-corrected chi connectivity index (χ1v) is 9.08. The molecule has 0 fully saturated rings. The van der Waals surface area contributed by atoms with Crippen LogP contribution in [0.25, 0.3) is 16.6 Å². The predicted molar refractivity (Wildman–Crippen MR) is 109 cm³/mol. The molecule has 0 spiro atoms. The Morgan fingerprint density at radius 2 is 1.52 bits per heavy atom. The fourth-order valence-electron chi connectivity index (χ4n) is 3.44. The summed E-state index contributed by atoms with van der Waals surface area (Å²) in [7, 11) is 0. The Balaban J connectivity index is 0.00000118. The smallest absolute Gasteiger partial charge is 0.0964 e. The molecule has 0 aliphatic carbocycles. The molecule has 0 bridgehead atoms. The Bertz CT molecular complexity index is 944. The van der Waals surface area contributed by atoms with E-state index in [4.69, 9.17) is 5.73 Å². The number of amides is 1. The molecular weight excluding hydrogens is 506 g/mol. The van der Waals surface area contributed by atoms with Gasteiger partial charge in [-0.3, -0.25) is 4.98 Å². The van der Waals surface area contributed by atoms with Crippen molar-refractivity contribution in [2.24, 2.45) is 0 Å². The maximum absolute atomic E-state index is 11.8. The molecule has 0 unspecified atom stereocenters. The molecule has 0 radical (unpaired) electrons. The van der Waals surface area contributed by atoms with Gasteiger partial charge in [0.15, 0.2) is 0 Å². The van der Waals surface area contributed by atoms with Crippen molar-refractivity contribution in [1.29, 1.82) is 0 Å². The number of nitrogens with zero attached hydrogens (tertiary/aromatic N) is 2. The van der Waals surface area contributed by atoms with Gasteiger partial charge < -0.3 is 15.1 Å². The maximum Gasteiger partial charge on any atom is 0.0964 e. The molecule has 3 rings (SSSR count). The summed E-state index contributed by atoms with van der Waals surface area (Å²) >= 11 is 0. The van der Waals surface area contributed by atoms with Crippen molar-refractivity contribution in [3.05, 3.63) is 69.3 Å². The van der Waals surface area contributed by atoms with Crippen LogP contribution in [0.4, 0.5) is 0 Å². The monoisotopic (exact) mass is 534 g/mol. The Morgan fingerprint density at radius 1 is 1.00 bits per heavy atom. The number of carbonyl (C=O) groups excluding carboxylic acids is 1. The molecular formula is C22H28N3OW-. The largest absolute Gasteiger partial charge is 0.662 e. The predicted octanol–water partition coefficient (Wildman–Crippen LogP) is 5.84. The molecule has 4 nitrogen and oxygen atoms in total. The molecule has 1 amide bonds. The topological polar surface area (TPSA) is 58.7 Å². The van der Waals surface area contributed by atoms with E-state index in [0.29, 0.717) is 12.2 Å². The molecule has 0 aliphatic rings. The second-order valence-electron chi connectivity index (χ2n) is 6.48. The third kappa shape index (κ3) is 4.16. The molecule has 0 saturated heterocycles. The molecule has 0 saturated carbocycles. The van der Waals surface area contributed by atoms with E-state index >= 15 is 0 Å². The van der Waals surface area contributed by atoms with Gasteiger partial charge in [-0.05, 0) is 80.1 Å². The van der Waals surface area contributed by atoms with Gasteiger partial charge in [0.2, 0.25) is 0 Å². The van der Waals surface area contributed by atoms with Gasteiger partial charge in [-0.2, -0.15) is 0 Å². The number of benzene rings is 1. The van der Waals surface area contributed by atoms with E-state index in [9.17, 15) is 4.79 Å². The minimum Gasteiger partial charge on any atom is -0.662 e. The number of carbonyl (C=O) groups is 1. The molecule has 3 aromatic rings. The summed E-state index contributed by atoms with van der Waals surface area (Å²) in [6.45, 7) is 15.3. The van der Waals surface area contributed by atoms with Crippen LogP contribution in [-0.4, -0.2) is 15.5 Å². The van der Waals surface area contributed by atoms with E-state index in [1.807, 2.05) is 24.5 Å². The number of hydrogen-bond donors (Lipinski definition) is 0. The second kappa shape index (κ2) is 9.32. The molecule has 0 aliphatic heterocycles. The molecule has 2 heterocycles. The summed E-state index contributed by atoms with van der Waals surface area (Å²) in [4.78, 5) is 15.9. The molecule has 0 atom stereocenters. The number of hydrogen-bond acceptors (Lipinski definition) is 2. The third-order valence-electron chi connectivity index (χ3n) is 5.41. The SMILES string of the molecule is CC.Cc1c(C)c(C)c(Cn2c(C([NH-])=O)cc3cnccc32)c(C)c1C.[W]. The van der Waals surface area contributed by atoms with Crippen molar-refractivity contribution in [1.82, 2.24) is 9.55 Å². The number of pyridine rings is 1. The molecule has 27 heavy (non-hydrogen) atoms. The zero-order valence-corrected chi connectivity index (χ0v) is 20.2. The van der Waals surface area contributed by atoms with Gasteiger partial charge in [0.05, 0.1) is 17.1 Å². The molecule has 2 aromatic heterocycles. The van der Waals surface area contributed by atoms with Crippen molar-refractivity contribution < 1.29 is 25.9 Å². The van der Waals surface area contributed by atoms with E-state index in [0.717, 1.165) is 10.9 Å². The van der Waals surface area contributed by atoms with Gasteiger partial charge in [-0.1, -0.05) is 13.8 Å². The minimum absolute atomic E-state index is 0. The van der Waals surface area contributed by atoms with Gasteiger partial charge in [-0.15, -0.1) is 0 Å². The van der Waals surface area contributed by atoms with E-state index < -0.39 is 5.91 Å². The van der Waals surface area contributed by atoms with Crippen molar-refractivity contribution in [3.8, 4) is 0 Å². The summed E-state index contributed by atoms with van der Waals surface area (Å²) < 4.78 is 1.94. The Hall–Kier alpha value is -1.93. The van der Waals surface area contributed by atoms with Crippen molar-refractivity contribution in [3.63, 3.8) is 0 Å². The number of fused-ring (bicyclic) bond motifs is 1. The maximum atomic E-state index is 11.8. The van der Waals surface area contributed by atoms with Crippen LogP contribution in [0.1, 0.15) is 57.7 Å². The quantitative estimate of drug-likeness (QED) is 0.424. The summed E-state index contributed by atoms with van der Waals surface area (Å²) in [5, 5.41) is 0.893. The number of rotatable bonds is 3. The van der Waals surface area contributed by atoms with Crippen molar-refractivity contribution in [2.45, 2.75) is 55.0 Å². The molecule has 5 heteroatoms. The van der Waals surface area contributed by atoms with E-state index in [-0.39, 0.29) is 21.1 Å². The number of aromatic nitrogens is 2. The minimum atomic E-state index is -0.665. The Morgan fingerprint density at radius 3 is 2.04 bits per heavy atom. The van der Waals surface area contributed by atoms with E-state index in [2.05, 4.69) is 39.6 Å². The van der Waals surface area contributed by atoms with Crippen LogP contribution in [0.5, 0.6) is 0 Å². The average molecular weight is 534 g/mol. The van der Waals surface area contributed by atoms with Crippen molar-refractivity contribution >= 4 is 16.8 Å². The third-order valence-corrected chi connectivity index (χ3v) is 5.41. The van der Waals surface area contributed by atoms with Gasteiger partial charge in [0.25, 0.3) is 0 Å². The summed E-state index contributed by atoms with van der Waals surface area (Å²) in [5.74, 6) is -0.665. The van der Waals surface area contributed by atoms with E-state index in [1.54, 1.807) is 18.5 Å². The molecule has 1 aromatic carbocycles. The van der Waals surface area contributed by atoms with Crippen molar-refractivity contribution in [2.75, 3.05) is 0 Å². The van der Waals surface area contributed by atoms with Gasteiger partial charge in [-0.25, -0.2) is 0 Å². The van der Waals surface area contributed by atoms with Gasteiger partial charge in [0.1, 0.15) is 0 Å². The first kappa shape index (κ1) is 23.1. The number of nitrogens with one attached hydrogen (secondary N) is 1. The average Bonchev–Trinajstić information content (AvgIpc) is 3.02. The van der Waals surface area contributed by atoms with E-state index in [1.165, 1.54) is 33.4 Å². The summed E-state index contributed by atoms with van der Waals surface area (Å²) in [6.07, 6.45) is 3.46. The first-order valence-electron chi connectivity index (χ1n) is 9.08. The Labute approximate surface area is 176 Å². The Kier molecular flexibility index (Phi) is 7.98. The van der Waals surface area contributed by atoms with Crippen LogP contribution in [-0.2, 0) is 27.6 Å². The zero-order valence-electron chi connectivity index (χ0n) is 17.2. The van der Waals surface area contributed by atoms with Gasteiger partial charge in [0, 0.05) is 45.4 Å². The second-order valence-corrected chi connectivity index (χ2v) is 6.48. The van der Waals surface area contributed by atoms with Crippen LogP contribution in [0.15, 0.2) is 24.5 Å². The van der Waals surface area contributed by atoms with Crippen LogP contribution in [0.3, 0.4) is 0 Å². The van der Waals surface area contributed by atoms with Gasteiger partial charge >= 0.3 is 0 Å². The normalized spacial score (nSPS) is 10.2. The fraction of sp³-hybridized carbons (Fsp3) is 0.364. The van der Waals surface area contributed by atoms with Crippen LogP contribution >= 0.6 is 0 Å². The zero-order chi connectivity index (χ0) is 19.6. The fourth-order valence-corrected chi connectivity index (χ4v) is 3.44. The van der Waals surface area contributed by atoms with Crippen LogP contribution < -0.4 is 0 Å². The van der Waals surface area contributed by atoms with Crippen LogP contribution in [0.2, 0.25) is 0 Å². The first-order chi connectivity index (χ1) is 12.3. The molecule has 1 N–H and O–H groups in total. The molecule has 144 valence electrons. The standard InChI is InChI=1S/C20H23N3O.C2H6.W/c1-11-12(2)14(4)17(15(5)13(11)3)10-23-18-6-7-22-9-16(18)8-19(23)20(21)24;1-2;/h6-9H,10H2,1-5H3,(H2,21,24);1-2H3;/p-1.